The Morgan fingerprint density at radius 2 is 1.74 bits per heavy atom. The Morgan fingerprint density at radius 1 is 1.00 bits per heavy atom. The van der Waals surface area contributed by atoms with Crippen LogP contribution in [0.15, 0.2) is 89.6 Å². The molecule has 2 aliphatic rings. The molecule has 240 valence electrons. The van der Waals surface area contributed by atoms with Crippen LogP contribution in [-0.2, 0) is 6.42 Å². The van der Waals surface area contributed by atoms with E-state index in [9.17, 15) is 0 Å². The number of fused-ring (bicyclic) bond motifs is 11. The van der Waals surface area contributed by atoms with Gasteiger partial charge in [0.15, 0.2) is 17.8 Å². The summed E-state index contributed by atoms with van der Waals surface area (Å²) in [5.41, 5.74) is 12.9. The van der Waals surface area contributed by atoms with E-state index in [0.29, 0.717) is 11.6 Å². The van der Waals surface area contributed by atoms with Gasteiger partial charge in [0.05, 0.1) is 19.6 Å². The molecule has 2 atom stereocenters. The molecule has 47 heavy (non-hydrogen) atoms. The monoisotopic (exact) mass is 639 g/mol. The normalized spacial score (nSPS) is 19.9. The molecule has 2 aliphatic heterocycles. The SMILES string of the molecule is C=C1C2C(CCc3ccc4c(oc5nc(C)ccc54)c3C(/C=C/C)=[N+]\1C(C)C)c1ccccc1-c1cc(C(C)C)c([Si](C)(C)C)c[n+]12. The molecule has 0 amide bonds. The molecule has 0 saturated heterocycles. The molecule has 0 radical (unpaired) electrons. The number of benzene rings is 2. The van der Waals surface area contributed by atoms with Crippen LogP contribution in [0, 0.1) is 6.92 Å². The van der Waals surface area contributed by atoms with Gasteiger partial charge in [-0.25, -0.2) is 4.98 Å². The number of aromatic nitrogens is 2. The molecule has 0 aliphatic carbocycles. The van der Waals surface area contributed by atoms with Crippen molar-refractivity contribution in [2.45, 2.75) is 97.9 Å². The van der Waals surface area contributed by atoms with Crippen LogP contribution in [0.1, 0.15) is 86.9 Å². The van der Waals surface area contributed by atoms with Crippen LogP contribution < -0.4 is 9.75 Å². The van der Waals surface area contributed by atoms with Crippen molar-refractivity contribution in [2.75, 3.05) is 0 Å². The molecule has 4 nitrogen and oxygen atoms in total. The quantitative estimate of drug-likeness (QED) is 0.145. The molecule has 7 rings (SSSR count). The zero-order valence-corrected chi connectivity index (χ0v) is 30.6. The van der Waals surface area contributed by atoms with Gasteiger partial charge in [-0.3, -0.25) is 0 Å². The van der Waals surface area contributed by atoms with Crippen LogP contribution in [0.5, 0.6) is 0 Å². The molecule has 0 bridgehead atoms. The summed E-state index contributed by atoms with van der Waals surface area (Å²) in [7, 11) is -1.67. The Labute approximate surface area is 281 Å². The Morgan fingerprint density at radius 3 is 2.45 bits per heavy atom. The lowest BCUT2D eigenvalue weighted by atomic mass is 9.78. The molecule has 0 saturated carbocycles. The number of allylic oxidation sites excluding steroid dienone is 3. The van der Waals surface area contributed by atoms with Crippen LogP contribution in [0.4, 0.5) is 0 Å². The summed E-state index contributed by atoms with van der Waals surface area (Å²) in [5, 5.41) is 3.73. The van der Waals surface area contributed by atoms with E-state index in [4.69, 9.17) is 16.0 Å². The lowest BCUT2D eigenvalue weighted by Crippen LogP contribution is -2.55. The number of nitrogens with zero attached hydrogens (tertiary/aromatic N) is 3. The zero-order valence-electron chi connectivity index (χ0n) is 29.6. The Bertz CT molecular complexity index is 2140. The van der Waals surface area contributed by atoms with Crippen molar-refractivity contribution in [3.63, 3.8) is 0 Å². The maximum atomic E-state index is 6.71. The molecule has 3 aromatic heterocycles. The topological polar surface area (TPSA) is 32.9 Å². The number of hydrogen-bond donors (Lipinski definition) is 0. The number of furan rings is 1. The number of hydrogen-bond acceptors (Lipinski definition) is 2. The highest BCUT2D eigenvalue weighted by Crippen LogP contribution is 2.46. The Balaban J connectivity index is 1.58. The minimum atomic E-state index is -1.67. The lowest BCUT2D eigenvalue weighted by molar-refractivity contribution is -0.729. The third-order valence-corrected chi connectivity index (χ3v) is 12.4. The highest BCUT2D eigenvalue weighted by molar-refractivity contribution is 6.89. The summed E-state index contributed by atoms with van der Waals surface area (Å²) in [5.74, 6) is 0.724. The summed E-state index contributed by atoms with van der Waals surface area (Å²) in [6.45, 7) is 25.9. The van der Waals surface area contributed by atoms with Gasteiger partial charge in [-0.2, -0.15) is 9.14 Å². The summed E-state index contributed by atoms with van der Waals surface area (Å²) in [6, 6.07) is 20.7. The van der Waals surface area contributed by atoms with Crippen molar-refractivity contribution in [1.29, 1.82) is 0 Å². The molecule has 0 N–H and O–H groups in total. The second kappa shape index (κ2) is 11.6. The van der Waals surface area contributed by atoms with Gasteiger partial charge in [0.25, 0.3) is 0 Å². The largest absolute Gasteiger partial charge is 0.437 e. The zero-order chi connectivity index (χ0) is 33.4. The first kappa shape index (κ1) is 31.5. The molecule has 0 fully saturated rings. The minimum Gasteiger partial charge on any atom is -0.437 e. The van der Waals surface area contributed by atoms with Gasteiger partial charge >= 0.3 is 0 Å². The summed E-state index contributed by atoms with van der Waals surface area (Å²) >= 11 is 0. The average molecular weight is 640 g/mol. The molecule has 5 heteroatoms. The number of rotatable bonds is 4. The van der Waals surface area contributed by atoms with Gasteiger partial charge in [-0.1, -0.05) is 69.9 Å². The maximum Gasteiger partial charge on any atom is 0.247 e. The molecular formula is C42H49N3OSi+2. The van der Waals surface area contributed by atoms with E-state index in [1.165, 1.54) is 33.5 Å². The predicted molar refractivity (Wildman–Crippen MR) is 199 cm³/mol. The number of aryl methyl sites for hydroxylation is 2. The van der Waals surface area contributed by atoms with E-state index in [0.717, 1.165) is 46.3 Å². The fourth-order valence-electron chi connectivity index (χ4n) is 8.26. The van der Waals surface area contributed by atoms with Crippen molar-refractivity contribution >= 4 is 41.0 Å². The lowest BCUT2D eigenvalue weighted by Gasteiger charge is -2.32. The summed E-state index contributed by atoms with van der Waals surface area (Å²) < 4.78 is 11.8. The Kier molecular flexibility index (Phi) is 7.74. The van der Waals surface area contributed by atoms with Crippen LogP contribution in [0.3, 0.4) is 0 Å². The van der Waals surface area contributed by atoms with Gasteiger partial charge in [0.2, 0.25) is 28.9 Å². The maximum absolute atomic E-state index is 6.71. The van der Waals surface area contributed by atoms with Gasteiger partial charge in [-0.05, 0) is 87.9 Å². The molecule has 2 unspecified atom stereocenters. The van der Waals surface area contributed by atoms with E-state index in [1.807, 2.05) is 6.92 Å². The third-order valence-electron chi connectivity index (χ3n) is 10.4. The van der Waals surface area contributed by atoms with Gasteiger partial charge in [0.1, 0.15) is 0 Å². The third kappa shape index (κ3) is 5.05. The van der Waals surface area contributed by atoms with Crippen LogP contribution >= 0.6 is 0 Å². The van der Waals surface area contributed by atoms with Crippen LogP contribution in [0.25, 0.3) is 33.3 Å². The van der Waals surface area contributed by atoms with Crippen LogP contribution in [0.2, 0.25) is 19.6 Å². The molecule has 5 heterocycles. The first-order chi connectivity index (χ1) is 22.4. The Hall–Kier alpha value is -4.09. The number of pyridine rings is 2. The summed E-state index contributed by atoms with van der Waals surface area (Å²) in [6.07, 6.45) is 8.92. The highest BCUT2D eigenvalue weighted by atomic mass is 28.3. The standard InChI is InChI=1S/C42H49N3OSi/c1-11-14-36-39-29(19-22-33-34-20-17-27(6)43-42(34)46-41(33)39)18-21-32-30-15-12-13-16-31(30)37-23-35(25(2)3)38(47(8,9)10)24-44(37)40(32)28(7)45(36)26(4)5/h11-17,19-20,22-26,32,40H,7,18,21H2,1-6,8-10H3/q+2/b14-11+,45-36-. The van der Waals surface area contributed by atoms with Crippen molar-refractivity contribution < 1.29 is 13.6 Å². The first-order valence-corrected chi connectivity index (χ1v) is 20.9. The van der Waals surface area contributed by atoms with Crippen molar-refractivity contribution in [2.24, 2.45) is 0 Å². The molecule has 2 aromatic carbocycles. The van der Waals surface area contributed by atoms with Gasteiger partial charge in [-0.15, -0.1) is 0 Å². The van der Waals surface area contributed by atoms with Gasteiger partial charge in [0, 0.05) is 39.4 Å². The van der Waals surface area contributed by atoms with E-state index >= 15 is 0 Å². The minimum absolute atomic E-state index is 0.0728. The van der Waals surface area contributed by atoms with E-state index in [-0.39, 0.29) is 18.0 Å². The fourth-order valence-corrected chi connectivity index (χ4v) is 10.0. The second-order valence-corrected chi connectivity index (χ2v) is 20.3. The van der Waals surface area contributed by atoms with Crippen molar-refractivity contribution in [1.82, 2.24) is 4.98 Å². The van der Waals surface area contributed by atoms with E-state index < -0.39 is 8.07 Å². The highest BCUT2D eigenvalue weighted by Gasteiger charge is 2.49. The molecular weight excluding hydrogens is 591 g/mol. The first-order valence-electron chi connectivity index (χ1n) is 17.4. The molecule has 0 spiro atoms. The second-order valence-electron chi connectivity index (χ2n) is 15.2. The van der Waals surface area contributed by atoms with E-state index in [1.54, 1.807) is 5.19 Å². The van der Waals surface area contributed by atoms with Crippen molar-refractivity contribution in [3.05, 3.63) is 113 Å². The fraction of sp³-hybridized carbons (Fsp3) is 0.357. The van der Waals surface area contributed by atoms with Crippen molar-refractivity contribution in [3.8, 4) is 11.3 Å². The molecule has 5 aromatic rings. The smallest absolute Gasteiger partial charge is 0.247 e. The van der Waals surface area contributed by atoms with Gasteiger partial charge < -0.3 is 4.42 Å². The summed E-state index contributed by atoms with van der Waals surface area (Å²) in [4.78, 5) is 4.79. The predicted octanol–water partition coefficient (Wildman–Crippen LogP) is 9.50. The van der Waals surface area contributed by atoms with E-state index in [2.05, 4.69) is 136 Å². The average Bonchev–Trinajstić information content (AvgIpc) is 3.40. The van der Waals surface area contributed by atoms with Crippen LogP contribution in [-0.4, -0.2) is 29.4 Å².